The quantitative estimate of drug-likeness (QED) is 0.458. The van der Waals surface area contributed by atoms with Crippen molar-refractivity contribution < 1.29 is 24.1 Å². The molecule has 0 bridgehead atoms. The first-order chi connectivity index (χ1) is 16.8. The maximum absolute atomic E-state index is 13.4. The van der Waals surface area contributed by atoms with Crippen LogP contribution in [0, 0.1) is 6.92 Å². The van der Waals surface area contributed by atoms with Gasteiger partial charge in [0.1, 0.15) is 5.78 Å². The predicted octanol–water partition coefficient (Wildman–Crippen LogP) is 4.92. The highest BCUT2D eigenvalue weighted by Crippen LogP contribution is 2.51. The van der Waals surface area contributed by atoms with Crippen LogP contribution in [0.1, 0.15) is 43.4 Å². The van der Waals surface area contributed by atoms with Crippen molar-refractivity contribution in [2.75, 3.05) is 12.5 Å². The Morgan fingerprint density at radius 3 is 2.40 bits per heavy atom. The third kappa shape index (κ3) is 4.83. The van der Waals surface area contributed by atoms with E-state index in [0.717, 1.165) is 52.0 Å². The monoisotopic (exact) mass is 493 g/mol. The van der Waals surface area contributed by atoms with E-state index in [9.17, 15) is 13.2 Å². The van der Waals surface area contributed by atoms with Gasteiger partial charge in [0.05, 0.1) is 11.2 Å². The van der Waals surface area contributed by atoms with Crippen molar-refractivity contribution >= 4 is 15.8 Å². The van der Waals surface area contributed by atoms with Crippen molar-refractivity contribution in [2.24, 2.45) is 0 Å². The fourth-order valence-electron chi connectivity index (χ4n) is 4.59. The van der Waals surface area contributed by atoms with Gasteiger partial charge in [0.15, 0.2) is 11.5 Å². The van der Waals surface area contributed by atoms with Crippen LogP contribution in [0.15, 0.2) is 60.7 Å². The minimum Gasteiger partial charge on any atom is -0.454 e. The third-order valence-electron chi connectivity index (χ3n) is 7.02. The van der Waals surface area contributed by atoms with Gasteiger partial charge in [0, 0.05) is 14.4 Å². The number of aryl methyl sites for hydroxylation is 1. The number of fused-ring (bicyclic) bond motifs is 1. The van der Waals surface area contributed by atoms with Crippen molar-refractivity contribution in [1.29, 1.82) is 0 Å². The van der Waals surface area contributed by atoms with Gasteiger partial charge >= 0.3 is 0 Å². The lowest BCUT2D eigenvalue weighted by Crippen LogP contribution is -2.24. The summed E-state index contributed by atoms with van der Waals surface area (Å²) in [6.07, 6.45) is 2.08. The first kappa shape index (κ1) is 23.6. The Bertz CT molecular complexity index is 1380. The Labute approximate surface area is 207 Å². The van der Waals surface area contributed by atoms with Crippen LogP contribution in [0.4, 0.5) is 0 Å². The van der Waals surface area contributed by atoms with E-state index in [-0.39, 0.29) is 26.3 Å². The molecule has 2 aliphatic rings. The largest absolute Gasteiger partial charge is 0.454 e. The summed E-state index contributed by atoms with van der Waals surface area (Å²) >= 11 is 0. The molecule has 1 saturated carbocycles. The molecule has 0 aromatic heterocycles. The molecule has 3 aromatic rings. The van der Waals surface area contributed by atoms with Crippen LogP contribution >= 0.6 is 0 Å². The molecule has 1 aliphatic carbocycles. The van der Waals surface area contributed by atoms with Gasteiger partial charge in [-0.3, -0.25) is 4.79 Å². The lowest BCUT2D eigenvalue weighted by atomic mass is 9.87. The normalized spacial score (nSPS) is 15.7. The first-order valence-electron chi connectivity index (χ1n) is 11.9. The molecule has 0 amide bonds. The molecule has 0 radical (unpaired) electrons. The summed E-state index contributed by atoms with van der Waals surface area (Å²) in [4.78, 5) is 13.4. The summed E-state index contributed by atoms with van der Waals surface area (Å²) in [7, 11) is -3.23. The van der Waals surface area contributed by atoms with Gasteiger partial charge in [-0.2, -0.15) is 0 Å². The van der Waals surface area contributed by atoms with Crippen LogP contribution in [0.5, 0.6) is 11.5 Å². The van der Waals surface area contributed by atoms with Crippen LogP contribution < -0.4 is 14.2 Å². The molecule has 1 aliphatic heterocycles. The maximum atomic E-state index is 13.4. The molecule has 7 heteroatoms. The smallest absolute Gasteiger partial charge is 0.231 e. The van der Waals surface area contributed by atoms with Crippen molar-refractivity contribution in [1.82, 2.24) is 4.72 Å². The highest BCUT2D eigenvalue weighted by atomic mass is 32.2. The number of Topliss-reactive ketones (excluding diaryl/α,β-unsaturated/α-hetero) is 1. The van der Waals surface area contributed by atoms with Crippen LogP contribution in [0.25, 0.3) is 11.1 Å². The number of rotatable bonds is 9. The standard InChI is InChI=1S/C28H29NO5S.H2/c1-3-35(31,32)29-17-20-6-8-22(9-7-20)24-14-21(5-4-19(24)2)15-27(30)28(12-13-28)23-10-11-25-26(16-23)34-18-33-25;/h4-11,14,16,29H,3,12-13,15,17-18H2,1-2H3;1H. The molecule has 3 aromatic carbocycles. The molecule has 0 unspecified atom stereocenters. The number of sulfonamides is 1. The number of ketones is 1. The predicted molar refractivity (Wildman–Crippen MR) is 137 cm³/mol. The van der Waals surface area contributed by atoms with E-state index in [1.165, 1.54) is 0 Å². The highest BCUT2D eigenvalue weighted by Gasteiger charge is 2.50. The second-order valence-electron chi connectivity index (χ2n) is 9.32. The molecule has 35 heavy (non-hydrogen) atoms. The van der Waals surface area contributed by atoms with Crippen molar-refractivity contribution in [2.45, 2.75) is 45.1 Å². The first-order valence-corrected chi connectivity index (χ1v) is 13.5. The zero-order chi connectivity index (χ0) is 24.6. The summed E-state index contributed by atoms with van der Waals surface area (Å²) in [5.74, 6) is 1.73. The highest BCUT2D eigenvalue weighted by molar-refractivity contribution is 7.89. The van der Waals surface area contributed by atoms with Crippen molar-refractivity contribution in [3.05, 3.63) is 82.9 Å². The van der Waals surface area contributed by atoms with Crippen LogP contribution in [-0.2, 0) is 33.2 Å². The van der Waals surface area contributed by atoms with E-state index < -0.39 is 15.4 Å². The second-order valence-corrected chi connectivity index (χ2v) is 11.4. The molecule has 1 heterocycles. The van der Waals surface area contributed by atoms with Crippen LogP contribution in [0.3, 0.4) is 0 Å². The average Bonchev–Trinajstić information content (AvgIpc) is 3.55. The second kappa shape index (κ2) is 9.13. The zero-order valence-electron chi connectivity index (χ0n) is 20.0. The van der Waals surface area contributed by atoms with Crippen LogP contribution in [0.2, 0.25) is 0 Å². The number of hydrogen-bond acceptors (Lipinski definition) is 5. The number of ether oxygens (including phenoxy) is 2. The van der Waals surface area contributed by atoms with Gasteiger partial charge in [-0.1, -0.05) is 48.5 Å². The van der Waals surface area contributed by atoms with Gasteiger partial charge in [0.2, 0.25) is 16.8 Å². The third-order valence-corrected chi connectivity index (χ3v) is 8.36. The molecule has 1 N–H and O–H groups in total. The Morgan fingerprint density at radius 2 is 1.69 bits per heavy atom. The van der Waals surface area contributed by atoms with E-state index in [1.807, 2.05) is 48.5 Å². The molecule has 1 fully saturated rings. The van der Waals surface area contributed by atoms with E-state index in [1.54, 1.807) is 6.92 Å². The average molecular weight is 494 g/mol. The minimum atomic E-state index is -3.23. The van der Waals surface area contributed by atoms with Gasteiger partial charge in [0.25, 0.3) is 0 Å². The zero-order valence-corrected chi connectivity index (χ0v) is 20.8. The van der Waals surface area contributed by atoms with E-state index in [2.05, 4.69) is 23.8 Å². The Kier molecular flexibility index (Phi) is 6.15. The Balaban J connectivity index is 0.00000304. The number of nitrogens with one attached hydrogen (secondary N) is 1. The molecule has 6 nitrogen and oxygen atoms in total. The molecular formula is C28H31NO5S. The molecule has 184 valence electrons. The summed E-state index contributed by atoms with van der Waals surface area (Å²) in [6, 6.07) is 19.9. The molecular weight excluding hydrogens is 462 g/mol. The van der Waals surface area contributed by atoms with E-state index in [0.29, 0.717) is 12.2 Å². The molecule has 0 saturated heterocycles. The van der Waals surface area contributed by atoms with Gasteiger partial charge < -0.3 is 9.47 Å². The Hall–Kier alpha value is -3.16. The van der Waals surface area contributed by atoms with Gasteiger partial charge in [-0.05, 0) is 72.2 Å². The molecule has 0 atom stereocenters. The molecule has 0 spiro atoms. The van der Waals surface area contributed by atoms with Crippen molar-refractivity contribution in [3.63, 3.8) is 0 Å². The van der Waals surface area contributed by atoms with E-state index in [4.69, 9.17) is 9.47 Å². The molecule has 5 rings (SSSR count). The number of benzene rings is 3. The summed E-state index contributed by atoms with van der Waals surface area (Å²) in [6.45, 7) is 4.17. The van der Waals surface area contributed by atoms with E-state index >= 15 is 0 Å². The van der Waals surface area contributed by atoms with Gasteiger partial charge in [-0.15, -0.1) is 0 Å². The SMILES string of the molecule is CCS(=O)(=O)NCc1ccc(-c2cc(CC(=O)C3(c4ccc5c(c4)OCO5)CC3)ccc2C)cc1.[HH]. The number of carbonyl (C=O) groups is 1. The fourth-order valence-corrected chi connectivity index (χ4v) is 5.18. The lowest BCUT2D eigenvalue weighted by molar-refractivity contribution is -0.120. The lowest BCUT2D eigenvalue weighted by Gasteiger charge is -2.16. The minimum absolute atomic E-state index is 0. The van der Waals surface area contributed by atoms with Crippen LogP contribution in [-0.4, -0.2) is 26.7 Å². The Morgan fingerprint density at radius 1 is 0.971 bits per heavy atom. The van der Waals surface area contributed by atoms with Crippen molar-refractivity contribution in [3.8, 4) is 22.6 Å². The summed E-state index contributed by atoms with van der Waals surface area (Å²) < 4.78 is 36.9. The van der Waals surface area contributed by atoms with Gasteiger partial charge in [-0.25, -0.2) is 13.1 Å². The number of carbonyl (C=O) groups excluding carboxylic acids is 1. The maximum Gasteiger partial charge on any atom is 0.231 e. The topological polar surface area (TPSA) is 81.7 Å². The summed E-state index contributed by atoms with van der Waals surface area (Å²) in [5, 5.41) is 0. The summed E-state index contributed by atoms with van der Waals surface area (Å²) in [5.41, 5.74) is 5.70. The number of hydrogen-bond donors (Lipinski definition) is 1. The fraction of sp³-hybridized carbons (Fsp3) is 0.321.